The molecule has 74 valence electrons. The summed E-state index contributed by atoms with van der Waals surface area (Å²) in [6.07, 6.45) is 4.52. The molecule has 0 unspecified atom stereocenters. The fraction of sp³-hybridized carbons (Fsp3) is 0.300. The van der Waals surface area contributed by atoms with Gasteiger partial charge in [0.1, 0.15) is 5.82 Å². The molecule has 1 N–H and O–H groups in total. The molecule has 3 nitrogen and oxygen atoms in total. The molecule has 2 aromatic rings. The van der Waals surface area contributed by atoms with Crippen molar-refractivity contribution < 1.29 is 5.11 Å². The van der Waals surface area contributed by atoms with Gasteiger partial charge in [-0.25, -0.2) is 4.98 Å². The Balaban J connectivity index is 2.22. The summed E-state index contributed by atoms with van der Waals surface area (Å²) in [6.45, 7) is 1.05. The van der Waals surface area contributed by atoms with Crippen molar-refractivity contribution in [3.63, 3.8) is 0 Å². The van der Waals surface area contributed by atoms with Crippen molar-refractivity contribution in [3.05, 3.63) is 29.9 Å². The number of hydrogen-bond donors (Lipinski definition) is 1. The van der Waals surface area contributed by atoms with E-state index in [2.05, 4.69) is 15.6 Å². The van der Waals surface area contributed by atoms with Gasteiger partial charge in [0.05, 0.1) is 4.88 Å². The van der Waals surface area contributed by atoms with Crippen LogP contribution in [0.3, 0.4) is 0 Å². The van der Waals surface area contributed by atoms with E-state index in [9.17, 15) is 0 Å². The Bertz CT molecular complexity index is 380. The fourth-order valence-electron chi connectivity index (χ4n) is 1.36. The van der Waals surface area contributed by atoms with Crippen LogP contribution in [-0.2, 0) is 6.54 Å². The van der Waals surface area contributed by atoms with Crippen LogP contribution < -0.4 is 0 Å². The Morgan fingerprint density at radius 3 is 3.14 bits per heavy atom. The molecule has 0 fully saturated rings. The minimum absolute atomic E-state index is 0.224. The maximum Gasteiger partial charge on any atom is 0.149 e. The highest BCUT2D eigenvalue weighted by Gasteiger charge is 2.05. The zero-order valence-electron chi connectivity index (χ0n) is 7.76. The predicted molar refractivity (Wildman–Crippen MR) is 57.2 cm³/mol. The van der Waals surface area contributed by atoms with Crippen LogP contribution in [0.25, 0.3) is 10.7 Å². The number of imidazole rings is 1. The Morgan fingerprint density at radius 1 is 1.50 bits per heavy atom. The van der Waals surface area contributed by atoms with E-state index in [-0.39, 0.29) is 6.61 Å². The van der Waals surface area contributed by atoms with Crippen LogP contribution in [0.2, 0.25) is 0 Å². The molecule has 0 bridgehead atoms. The zero-order chi connectivity index (χ0) is 9.80. The molecule has 2 aromatic heterocycles. The molecule has 0 saturated carbocycles. The summed E-state index contributed by atoms with van der Waals surface area (Å²) in [5.41, 5.74) is 0. The van der Waals surface area contributed by atoms with Crippen molar-refractivity contribution in [2.45, 2.75) is 13.0 Å². The number of aliphatic hydroxyl groups excluding tert-OH is 1. The van der Waals surface area contributed by atoms with Gasteiger partial charge in [-0.3, -0.25) is 0 Å². The average Bonchev–Trinajstić information content (AvgIpc) is 2.84. The third kappa shape index (κ3) is 1.86. The van der Waals surface area contributed by atoms with Crippen molar-refractivity contribution in [3.8, 4) is 10.7 Å². The maximum atomic E-state index is 8.76. The van der Waals surface area contributed by atoms with E-state index < -0.39 is 0 Å². The highest BCUT2D eigenvalue weighted by Crippen LogP contribution is 2.22. The van der Waals surface area contributed by atoms with Crippen LogP contribution in [0, 0.1) is 0 Å². The van der Waals surface area contributed by atoms with Gasteiger partial charge in [-0.15, -0.1) is 11.3 Å². The third-order valence-corrected chi connectivity index (χ3v) is 2.88. The molecule has 0 aliphatic heterocycles. The smallest absolute Gasteiger partial charge is 0.149 e. The van der Waals surface area contributed by atoms with Gasteiger partial charge in [0, 0.05) is 25.5 Å². The zero-order valence-corrected chi connectivity index (χ0v) is 8.57. The predicted octanol–water partition coefficient (Wildman–Crippen LogP) is 1.99. The first-order valence-corrected chi connectivity index (χ1v) is 5.45. The Morgan fingerprint density at radius 2 is 2.43 bits per heavy atom. The molecule has 0 aromatic carbocycles. The summed E-state index contributed by atoms with van der Waals surface area (Å²) in [5.74, 6) is 0.994. The summed E-state index contributed by atoms with van der Waals surface area (Å²) in [4.78, 5) is 5.48. The Kier molecular flexibility index (Phi) is 2.96. The third-order valence-electron chi connectivity index (χ3n) is 2.01. The van der Waals surface area contributed by atoms with E-state index in [0.717, 1.165) is 18.8 Å². The lowest BCUT2D eigenvalue weighted by atomic mass is 10.4. The lowest BCUT2D eigenvalue weighted by molar-refractivity contribution is 0.280. The van der Waals surface area contributed by atoms with E-state index in [1.807, 2.05) is 17.6 Å². The molecule has 0 atom stereocenters. The number of aryl methyl sites for hydroxylation is 1. The van der Waals surface area contributed by atoms with Crippen molar-refractivity contribution in [2.75, 3.05) is 6.61 Å². The van der Waals surface area contributed by atoms with Crippen LogP contribution in [-0.4, -0.2) is 21.3 Å². The first-order valence-electron chi connectivity index (χ1n) is 4.57. The van der Waals surface area contributed by atoms with Crippen LogP contribution in [0.1, 0.15) is 6.42 Å². The van der Waals surface area contributed by atoms with Crippen LogP contribution in [0.15, 0.2) is 29.9 Å². The second-order valence-electron chi connectivity index (χ2n) is 3.00. The number of thiophene rings is 1. The second-order valence-corrected chi connectivity index (χ2v) is 3.95. The molecule has 0 aliphatic rings. The molecular formula is C10H12N2OS. The highest BCUT2D eigenvalue weighted by molar-refractivity contribution is 7.13. The first kappa shape index (κ1) is 9.43. The number of aliphatic hydroxyl groups is 1. The molecule has 2 rings (SSSR count). The largest absolute Gasteiger partial charge is 0.396 e. The van der Waals surface area contributed by atoms with Crippen molar-refractivity contribution in [1.82, 2.24) is 9.55 Å². The van der Waals surface area contributed by atoms with Gasteiger partial charge >= 0.3 is 0 Å². The van der Waals surface area contributed by atoms with Gasteiger partial charge in [-0.1, -0.05) is 6.07 Å². The van der Waals surface area contributed by atoms with E-state index in [1.54, 1.807) is 17.5 Å². The highest BCUT2D eigenvalue weighted by atomic mass is 32.1. The molecule has 0 aliphatic carbocycles. The Labute approximate surface area is 86.7 Å². The average molecular weight is 208 g/mol. The van der Waals surface area contributed by atoms with Gasteiger partial charge < -0.3 is 9.67 Å². The van der Waals surface area contributed by atoms with E-state index >= 15 is 0 Å². The van der Waals surface area contributed by atoms with Gasteiger partial charge in [-0.05, 0) is 17.9 Å². The lowest BCUT2D eigenvalue weighted by Crippen LogP contribution is -2.00. The quantitative estimate of drug-likeness (QED) is 0.834. The molecular weight excluding hydrogens is 196 g/mol. The SMILES string of the molecule is OCCCn1ccnc1-c1cccs1. The van der Waals surface area contributed by atoms with E-state index in [4.69, 9.17) is 5.11 Å². The standard InChI is InChI=1S/C10H12N2OS/c13-7-2-5-12-6-4-11-10(12)9-3-1-8-14-9/h1,3-4,6,8,13H,2,5,7H2. The van der Waals surface area contributed by atoms with E-state index in [0.29, 0.717) is 0 Å². The van der Waals surface area contributed by atoms with Gasteiger partial charge in [0.25, 0.3) is 0 Å². The fourth-order valence-corrected chi connectivity index (χ4v) is 2.10. The first-order chi connectivity index (χ1) is 6.92. The molecule has 2 heterocycles. The molecule has 14 heavy (non-hydrogen) atoms. The molecule has 4 heteroatoms. The topological polar surface area (TPSA) is 38.0 Å². The number of aromatic nitrogens is 2. The minimum atomic E-state index is 0.224. The van der Waals surface area contributed by atoms with E-state index in [1.165, 1.54) is 4.88 Å². The van der Waals surface area contributed by atoms with Crippen LogP contribution >= 0.6 is 11.3 Å². The molecule has 0 saturated heterocycles. The molecule has 0 spiro atoms. The van der Waals surface area contributed by atoms with Crippen LogP contribution in [0.5, 0.6) is 0 Å². The Hall–Kier alpha value is -1.13. The second kappa shape index (κ2) is 4.39. The minimum Gasteiger partial charge on any atom is -0.396 e. The number of hydrogen-bond acceptors (Lipinski definition) is 3. The van der Waals surface area contributed by atoms with Gasteiger partial charge in [0.2, 0.25) is 0 Å². The normalized spacial score (nSPS) is 10.6. The summed E-state index contributed by atoms with van der Waals surface area (Å²) in [7, 11) is 0. The number of nitrogens with zero attached hydrogens (tertiary/aromatic N) is 2. The summed E-state index contributed by atoms with van der Waals surface area (Å²) in [6, 6.07) is 4.08. The van der Waals surface area contributed by atoms with Gasteiger partial charge in [0.15, 0.2) is 0 Å². The molecule has 0 amide bonds. The molecule has 0 radical (unpaired) electrons. The lowest BCUT2D eigenvalue weighted by Gasteiger charge is -2.04. The summed E-state index contributed by atoms with van der Waals surface area (Å²) >= 11 is 1.68. The maximum absolute atomic E-state index is 8.76. The van der Waals surface area contributed by atoms with Crippen molar-refractivity contribution >= 4 is 11.3 Å². The van der Waals surface area contributed by atoms with Crippen LogP contribution in [0.4, 0.5) is 0 Å². The number of rotatable bonds is 4. The van der Waals surface area contributed by atoms with Gasteiger partial charge in [-0.2, -0.15) is 0 Å². The summed E-state index contributed by atoms with van der Waals surface area (Å²) < 4.78 is 2.07. The van der Waals surface area contributed by atoms with Crippen molar-refractivity contribution in [1.29, 1.82) is 0 Å². The van der Waals surface area contributed by atoms with Crippen molar-refractivity contribution in [2.24, 2.45) is 0 Å². The summed E-state index contributed by atoms with van der Waals surface area (Å²) in [5, 5.41) is 10.8. The monoisotopic (exact) mass is 208 g/mol.